The minimum atomic E-state index is -0.461. The van der Waals surface area contributed by atoms with Crippen LogP contribution in [0.5, 0.6) is 5.75 Å². The molecule has 0 fully saturated rings. The van der Waals surface area contributed by atoms with E-state index in [-0.39, 0.29) is 5.02 Å². The number of benzene rings is 2. The molecule has 2 rings (SSSR count). The molecule has 110 valence electrons. The number of nitrogens with one attached hydrogen (secondary N) is 2. The molecule has 6 heteroatoms. The molecule has 0 amide bonds. The predicted molar refractivity (Wildman–Crippen MR) is 87.6 cm³/mol. The summed E-state index contributed by atoms with van der Waals surface area (Å²) in [4.78, 5) is 0. The fraction of sp³-hybridized carbons (Fsp3) is 0.133. The molecule has 0 aromatic heterocycles. The average molecular weight is 325 g/mol. The molecule has 0 radical (unpaired) electrons. The third-order valence-electron chi connectivity index (χ3n) is 2.58. The Morgan fingerprint density at radius 3 is 2.67 bits per heavy atom. The lowest BCUT2D eigenvalue weighted by Crippen LogP contribution is -2.31. The first-order valence-electron chi connectivity index (χ1n) is 6.33. The van der Waals surface area contributed by atoms with Crippen LogP contribution in [-0.2, 0) is 0 Å². The van der Waals surface area contributed by atoms with Crippen molar-refractivity contribution in [2.45, 2.75) is 0 Å². The molecule has 3 nitrogen and oxygen atoms in total. The zero-order chi connectivity index (χ0) is 15.1. The van der Waals surface area contributed by atoms with Crippen molar-refractivity contribution in [2.24, 2.45) is 0 Å². The molecule has 2 aromatic carbocycles. The Morgan fingerprint density at radius 1 is 1.19 bits per heavy atom. The molecular formula is C15H14ClFN2OS. The number of hydrogen-bond donors (Lipinski definition) is 2. The highest BCUT2D eigenvalue weighted by atomic mass is 35.5. The van der Waals surface area contributed by atoms with Gasteiger partial charge in [0.25, 0.3) is 0 Å². The summed E-state index contributed by atoms with van der Waals surface area (Å²) in [7, 11) is 0. The number of halogens is 2. The highest BCUT2D eigenvalue weighted by Gasteiger charge is 2.02. The fourth-order valence-corrected chi connectivity index (χ4v) is 2.00. The average Bonchev–Trinajstić information content (AvgIpc) is 2.49. The van der Waals surface area contributed by atoms with Crippen LogP contribution in [0.1, 0.15) is 0 Å². The van der Waals surface area contributed by atoms with Gasteiger partial charge >= 0.3 is 0 Å². The molecule has 0 aliphatic rings. The Hall–Kier alpha value is -1.85. The van der Waals surface area contributed by atoms with E-state index >= 15 is 0 Å². The number of thiocarbonyl (C=S) groups is 1. The van der Waals surface area contributed by atoms with Gasteiger partial charge in [0, 0.05) is 5.69 Å². The van der Waals surface area contributed by atoms with Gasteiger partial charge in [-0.15, -0.1) is 0 Å². The van der Waals surface area contributed by atoms with Gasteiger partial charge in [-0.05, 0) is 42.5 Å². The van der Waals surface area contributed by atoms with Crippen LogP contribution >= 0.6 is 23.8 Å². The van der Waals surface area contributed by atoms with E-state index in [1.807, 2.05) is 30.3 Å². The van der Waals surface area contributed by atoms with Gasteiger partial charge in [-0.3, -0.25) is 0 Å². The summed E-state index contributed by atoms with van der Waals surface area (Å²) >= 11 is 10.8. The summed E-state index contributed by atoms with van der Waals surface area (Å²) in [5, 5.41) is 6.39. The first kappa shape index (κ1) is 15.5. The zero-order valence-corrected chi connectivity index (χ0v) is 12.7. The van der Waals surface area contributed by atoms with Crippen molar-refractivity contribution < 1.29 is 9.13 Å². The van der Waals surface area contributed by atoms with E-state index < -0.39 is 5.82 Å². The third-order valence-corrected chi connectivity index (χ3v) is 3.11. The molecule has 0 unspecified atom stereocenters. The fourth-order valence-electron chi connectivity index (χ4n) is 1.60. The number of rotatable bonds is 5. The number of para-hydroxylation sites is 1. The SMILES string of the molecule is Fc1ccc(NC(=S)NCCOc2ccccc2)cc1Cl. The quantitative estimate of drug-likeness (QED) is 0.646. The molecule has 0 saturated heterocycles. The third kappa shape index (κ3) is 5.21. The molecule has 0 saturated carbocycles. The summed E-state index contributed by atoms with van der Waals surface area (Å²) < 4.78 is 18.5. The van der Waals surface area contributed by atoms with Crippen molar-refractivity contribution in [1.29, 1.82) is 0 Å². The zero-order valence-electron chi connectivity index (χ0n) is 11.1. The topological polar surface area (TPSA) is 33.3 Å². The Morgan fingerprint density at radius 2 is 1.95 bits per heavy atom. The maximum absolute atomic E-state index is 13.0. The van der Waals surface area contributed by atoms with Crippen LogP contribution in [0.2, 0.25) is 5.02 Å². The highest BCUT2D eigenvalue weighted by Crippen LogP contribution is 2.19. The van der Waals surface area contributed by atoms with Crippen molar-refractivity contribution in [3.05, 3.63) is 59.4 Å². The van der Waals surface area contributed by atoms with E-state index in [1.165, 1.54) is 12.1 Å². The van der Waals surface area contributed by atoms with Crippen molar-refractivity contribution >= 4 is 34.6 Å². The van der Waals surface area contributed by atoms with E-state index in [2.05, 4.69) is 10.6 Å². The number of ether oxygens (including phenoxy) is 1. The summed E-state index contributed by atoms with van der Waals surface area (Å²) in [6.45, 7) is 1.03. The largest absolute Gasteiger partial charge is 0.492 e. The molecule has 0 aliphatic carbocycles. The lowest BCUT2D eigenvalue weighted by molar-refractivity contribution is 0.323. The number of hydrogen-bond acceptors (Lipinski definition) is 2. The molecule has 0 spiro atoms. The monoisotopic (exact) mass is 324 g/mol. The maximum Gasteiger partial charge on any atom is 0.170 e. The van der Waals surface area contributed by atoms with E-state index in [0.717, 1.165) is 5.75 Å². The minimum Gasteiger partial charge on any atom is -0.492 e. The van der Waals surface area contributed by atoms with Crippen molar-refractivity contribution in [2.75, 3.05) is 18.5 Å². The first-order valence-corrected chi connectivity index (χ1v) is 7.11. The van der Waals surface area contributed by atoms with Crippen molar-refractivity contribution in [3.63, 3.8) is 0 Å². The van der Waals surface area contributed by atoms with Crippen LogP contribution in [0.15, 0.2) is 48.5 Å². The lowest BCUT2D eigenvalue weighted by atomic mass is 10.3. The molecular weight excluding hydrogens is 311 g/mol. The number of anilines is 1. The smallest absolute Gasteiger partial charge is 0.170 e. The van der Waals surface area contributed by atoms with Crippen molar-refractivity contribution in [1.82, 2.24) is 5.32 Å². The molecule has 2 aromatic rings. The second-order valence-electron chi connectivity index (χ2n) is 4.17. The second kappa shape index (κ2) is 7.81. The van der Waals surface area contributed by atoms with Crippen LogP contribution in [-0.4, -0.2) is 18.3 Å². The van der Waals surface area contributed by atoms with Gasteiger partial charge in [0.2, 0.25) is 0 Å². The van der Waals surface area contributed by atoms with Gasteiger partial charge in [-0.25, -0.2) is 4.39 Å². The summed E-state index contributed by atoms with van der Waals surface area (Å²) in [5.74, 6) is 0.348. The van der Waals surface area contributed by atoms with Gasteiger partial charge in [-0.1, -0.05) is 29.8 Å². The highest BCUT2D eigenvalue weighted by molar-refractivity contribution is 7.80. The van der Waals surface area contributed by atoms with E-state index in [4.69, 9.17) is 28.6 Å². The standard InChI is InChI=1S/C15H14ClFN2OS/c16-13-10-11(6-7-14(13)17)19-15(21)18-8-9-20-12-4-2-1-3-5-12/h1-7,10H,8-9H2,(H2,18,19,21). The minimum absolute atomic E-state index is 0.0511. The van der Waals surface area contributed by atoms with Gasteiger partial charge in [-0.2, -0.15) is 0 Å². The van der Waals surface area contributed by atoms with Crippen LogP contribution in [0.25, 0.3) is 0 Å². The molecule has 0 aliphatic heterocycles. The Balaban J connectivity index is 1.71. The molecule has 0 bridgehead atoms. The van der Waals surface area contributed by atoms with E-state index in [1.54, 1.807) is 6.07 Å². The van der Waals surface area contributed by atoms with Crippen molar-refractivity contribution in [3.8, 4) is 5.75 Å². The Bertz CT molecular complexity index is 610. The van der Waals surface area contributed by atoms with Crippen LogP contribution in [0, 0.1) is 5.82 Å². The molecule has 0 atom stereocenters. The lowest BCUT2D eigenvalue weighted by Gasteiger charge is -2.11. The molecule has 21 heavy (non-hydrogen) atoms. The summed E-state index contributed by atoms with van der Waals surface area (Å²) in [6.07, 6.45) is 0. The van der Waals surface area contributed by atoms with Gasteiger partial charge < -0.3 is 15.4 Å². The molecule has 0 heterocycles. The second-order valence-corrected chi connectivity index (χ2v) is 4.99. The summed E-state index contributed by atoms with van der Waals surface area (Å²) in [6, 6.07) is 13.8. The molecule has 2 N–H and O–H groups in total. The first-order chi connectivity index (χ1) is 10.1. The Kier molecular flexibility index (Phi) is 5.78. The predicted octanol–water partition coefficient (Wildman–Crippen LogP) is 3.84. The van der Waals surface area contributed by atoms with E-state index in [0.29, 0.717) is 24.0 Å². The van der Waals surface area contributed by atoms with Gasteiger partial charge in [0.1, 0.15) is 18.2 Å². The van der Waals surface area contributed by atoms with Gasteiger partial charge in [0.15, 0.2) is 5.11 Å². The van der Waals surface area contributed by atoms with Crippen LogP contribution in [0.4, 0.5) is 10.1 Å². The summed E-state index contributed by atoms with van der Waals surface area (Å²) in [5.41, 5.74) is 0.628. The Labute approximate surface area is 133 Å². The van der Waals surface area contributed by atoms with E-state index in [9.17, 15) is 4.39 Å². The maximum atomic E-state index is 13.0. The van der Waals surface area contributed by atoms with Crippen LogP contribution < -0.4 is 15.4 Å². The normalized spacial score (nSPS) is 10.0. The van der Waals surface area contributed by atoms with Crippen LogP contribution in [0.3, 0.4) is 0 Å². The van der Waals surface area contributed by atoms with Gasteiger partial charge in [0.05, 0.1) is 11.6 Å².